The highest BCUT2D eigenvalue weighted by Crippen LogP contribution is 2.13. The summed E-state index contributed by atoms with van der Waals surface area (Å²) in [5.41, 5.74) is 1.91. The lowest BCUT2D eigenvalue weighted by atomic mass is 10.0. The van der Waals surface area contributed by atoms with E-state index in [0.717, 1.165) is 5.56 Å². The maximum Gasteiger partial charge on any atom is 0.322 e. The molecule has 0 saturated heterocycles. The van der Waals surface area contributed by atoms with E-state index in [9.17, 15) is 4.79 Å². The normalized spacial score (nSPS) is 9.75. The number of benzene rings is 1. The molecule has 2 aromatic rings. The van der Waals surface area contributed by atoms with E-state index in [-0.39, 0.29) is 18.5 Å². The summed E-state index contributed by atoms with van der Waals surface area (Å²) < 4.78 is 5.10. The number of anilines is 1. The number of nitrogens with zero attached hydrogens (tertiary/aromatic N) is 2. The van der Waals surface area contributed by atoms with Gasteiger partial charge in [0.1, 0.15) is 6.61 Å². The van der Waals surface area contributed by atoms with Crippen LogP contribution in [0.25, 0.3) is 0 Å². The van der Waals surface area contributed by atoms with E-state index in [1.54, 1.807) is 25.1 Å². The van der Waals surface area contributed by atoms with Crippen LogP contribution in [0.4, 0.5) is 6.01 Å². The minimum Gasteiger partial charge on any atom is -0.408 e. The van der Waals surface area contributed by atoms with Crippen molar-refractivity contribution >= 4 is 11.9 Å². The predicted octanol–water partition coefficient (Wildman–Crippen LogP) is 1.28. The van der Waals surface area contributed by atoms with E-state index in [1.165, 1.54) is 0 Å². The smallest absolute Gasteiger partial charge is 0.322 e. The van der Waals surface area contributed by atoms with Crippen molar-refractivity contribution in [2.75, 3.05) is 11.9 Å². The second kappa shape index (κ2) is 5.99. The van der Waals surface area contributed by atoms with Gasteiger partial charge < -0.3 is 9.52 Å². The first kappa shape index (κ1) is 13.8. The van der Waals surface area contributed by atoms with Gasteiger partial charge in [-0.05, 0) is 24.6 Å². The molecule has 0 aliphatic rings. The largest absolute Gasteiger partial charge is 0.408 e. The number of rotatable bonds is 2. The minimum atomic E-state index is -0.348. The topological polar surface area (TPSA) is 88.2 Å². The third kappa shape index (κ3) is 3.22. The molecule has 2 rings (SSSR count). The molecule has 0 fully saturated rings. The van der Waals surface area contributed by atoms with Gasteiger partial charge in [-0.1, -0.05) is 23.0 Å². The summed E-state index contributed by atoms with van der Waals surface area (Å²) in [7, 11) is 0. The van der Waals surface area contributed by atoms with Crippen molar-refractivity contribution in [1.29, 1.82) is 0 Å². The van der Waals surface area contributed by atoms with Gasteiger partial charge in [0.05, 0.1) is 0 Å². The summed E-state index contributed by atoms with van der Waals surface area (Å²) in [6.07, 6.45) is 0. The Morgan fingerprint density at radius 1 is 1.40 bits per heavy atom. The molecule has 1 aromatic carbocycles. The summed E-state index contributed by atoms with van der Waals surface area (Å²) in [5.74, 6) is 5.32. The van der Waals surface area contributed by atoms with Crippen LogP contribution in [-0.4, -0.2) is 27.8 Å². The first-order valence-electron chi connectivity index (χ1n) is 5.92. The van der Waals surface area contributed by atoms with Gasteiger partial charge in [-0.15, -0.1) is 5.10 Å². The van der Waals surface area contributed by atoms with Gasteiger partial charge in [-0.2, -0.15) is 0 Å². The van der Waals surface area contributed by atoms with E-state index in [0.29, 0.717) is 17.0 Å². The van der Waals surface area contributed by atoms with Crippen LogP contribution in [-0.2, 0) is 0 Å². The Bertz CT molecular complexity index is 695. The van der Waals surface area contributed by atoms with Crippen molar-refractivity contribution in [2.45, 2.75) is 13.8 Å². The van der Waals surface area contributed by atoms with E-state index in [1.807, 2.05) is 6.92 Å². The zero-order valence-corrected chi connectivity index (χ0v) is 11.1. The highest BCUT2D eigenvalue weighted by Gasteiger charge is 2.13. The van der Waals surface area contributed by atoms with Crippen molar-refractivity contribution in [3.8, 4) is 11.8 Å². The molecule has 0 aliphatic heterocycles. The summed E-state index contributed by atoms with van der Waals surface area (Å²) >= 11 is 0. The highest BCUT2D eigenvalue weighted by molar-refractivity contribution is 6.04. The Morgan fingerprint density at radius 3 is 2.85 bits per heavy atom. The monoisotopic (exact) mass is 271 g/mol. The summed E-state index contributed by atoms with van der Waals surface area (Å²) in [4.78, 5) is 12.1. The van der Waals surface area contributed by atoms with Crippen molar-refractivity contribution in [3.05, 3.63) is 40.8 Å². The molecule has 1 aromatic heterocycles. The number of carbonyl (C=O) groups is 1. The molecule has 0 atom stereocenters. The molecule has 0 bridgehead atoms. The molecule has 2 N–H and O–H groups in total. The summed E-state index contributed by atoms with van der Waals surface area (Å²) in [6, 6.07) is 5.27. The zero-order chi connectivity index (χ0) is 14.5. The molecule has 20 heavy (non-hydrogen) atoms. The van der Waals surface area contributed by atoms with E-state index < -0.39 is 0 Å². The van der Waals surface area contributed by atoms with Gasteiger partial charge in [0.15, 0.2) is 0 Å². The Morgan fingerprint density at radius 2 is 2.20 bits per heavy atom. The molecular formula is C14H13N3O3. The van der Waals surface area contributed by atoms with E-state index in [4.69, 9.17) is 9.52 Å². The van der Waals surface area contributed by atoms with Crippen LogP contribution in [0.3, 0.4) is 0 Å². The average molecular weight is 271 g/mol. The van der Waals surface area contributed by atoms with Gasteiger partial charge in [0, 0.05) is 18.1 Å². The second-order valence-corrected chi connectivity index (χ2v) is 4.07. The quantitative estimate of drug-likeness (QED) is 0.803. The van der Waals surface area contributed by atoms with Gasteiger partial charge in [0.25, 0.3) is 5.91 Å². The number of hydrogen-bond donors (Lipinski definition) is 2. The number of aliphatic hydroxyl groups is 1. The van der Waals surface area contributed by atoms with E-state index in [2.05, 4.69) is 27.4 Å². The number of hydrogen-bond acceptors (Lipinski definition) is 5. The fourth-order valence-electron chi connectivity index (χ4n) is 1.60. The van der Waals surface area contributed by atoms with E-state index >= 15 is 0 Å². The maximum atomic E-state index is 12.1. The van der Waals surface area contributed by atoms with Crippen LogP contribution in [0.5, 0.6) is 0 Å². The Kier molecular flexibility index (Phi) is 4.13. The van der Waals surface area contributed by atoms with Crippen LogP contribution < -0.4 is 5.32 Å². The number of nitrogens with one attached hydrogen (secondary N) is 1. The lowest BCUT2D eigenvalue weighted by molar-refractivity contribution is 0.102. The Balaban J connectivity index is 2.24. The number of aryl methyl sites for hydroxylation is 2. The molecule has 0 radical (unpaired) electrons. The molecule has 0 aliphatic carbocycles. The van der Waals surface area contributed by atoms with Crippen LogP contribution in [0.1, 0.15) is 27.4 Å². The molecule has 0 spiro atoms. The average Bonchev–Trinajstić information content (AvgIpc) is 2.83. The fraction of sp³-hybridized carbons (Fsp3) is 0.214. The summed E-state index contributed by atoms with van der Waals surface area (Å²) in [6.45, 7) is 3.23. The molecule has 6 nitrogen and oxygen atoms in total. The highest BCUT2D eigenvalue weighted by atomic mass is 16.4. The Hall–Kier alpha value is -2.65. The third-order valence-electron chi connectivity index (χ3n) is 2.54. The lowest BCUT2D eigenvalue weighted by Gasteiger charge is -2.05. The SMILES string of the molecule is Cc1nnc(NC(=O)c2cc(C#CCO)ccc2C)o1. The minimum absolute atomic E-state index is 0.0544. The first-order valence-corrected chi connectivity index (χ1v) is 5.92. The number of amides is 1. The Labute approximate surface area is 115 Å². The van der Waals surface area contributed by atoms with Crippen LogP contribution in [0, 0.1) is 25.7 Å². The van der Waals surface area contributed by atoms with Gasteiger partial charge in [-0.3, -0.25) is 10.1 Å². The van der Waals surface area contributed by atoms with Crippen molar-refractivity contribution in [1.82, 2.24) is 10.2 Å². The first-order chi connectivity index (χ1) is 9.60. The van der Waals surface area contributed by atoms with Crippen LogP contribution in [0.2, 0.25) is 0 Å². The fourth-order valence-corrected chi connectivity index (χ4v) is 1.60. The standard InChI is InChI=1S/C14H13N3O3/c1-9-5-6-11(4-3-7-18)8-12(9)13(19)15-14-17-16-10(2)20-14/h5-6,8,18H,7H2,1-2H3,(H,15,17,19). The molecule has 0 saturated carbocycles. The number of aliphatic hydroxyl groups excluding tert-OH is 1. The zero-order valence-electron chi connectivity index (χ0n) is 11.1. The second-order valence-electron chi connectivity index (χ2n) is 4.07. The van der Waals surface area contributed by atoms with Gasteiger partial charge in [0.2, 0.25) is 5.89 Å². The summed E-state index contributed by atoms with van der Waals surface area (Å²) in [5, 5.41) is 18.5. The third-order valence-corrected chi connectivity index (χ3v) is 2.54. The molecule has 102 valence electrons. The molecule has 1 heterocycles. The molecule has 0 unspecified atom stereocenters. The molecule has 6 heteroatoms. The molecular weight excluding hydrogens is 258 g/mol. The van der Waals surface area contributed by atoms with Crippen LogP contribution >= 0.6 is 0 Å². The van der Waals surface area contributed by atoms with Crippen molar-refractivity contribution in [2.24, 2.45) is 0 Å². The van der Waals surface area contributed by atoms with Crippen LogP contribution in [0.15, 0.2) is 22.6 Å². The molecule has 1 amide bonds. The van der Waals surface area contributed by atoms with Crippen molar-refractivity contribution < 1.29 is 14.3 Å². The maximum absolute atomic E-state index is 12.1. The lowest BCUT2D eigenvalue weighted by Crippen LogP contribution is -2.13. The predicted molar refractivity (Wildman–Crippen MR) is 72.1 cm³/mol. The van der Waals surface area contributed by atoms with Crippen molar-refractivity contribution in [3.63, 3.8) is 0 Å². The number of aromatic nitrogens is 2. The van der Waals surface area contributed by atoms with Gasteiger partial charge >= 0.3 is 6.01 Å². The number of carbonyl (C=O) groups excluding carboxylic acids is 1. The van der Waals surface area contributed by atoms with Gasteiger partial charge in [-0.25, -0.2) is 0 Å².